The van der Waals surface area contributed by atoms with Gasteiger partial charge >= 0.3 is 0 Å². The Hall–Kier alpha value is -2.99. The molecule has 0 heterocycles. The molecular formula is C23H21F3O3. The van der Waals surface area contributed by atoms with Crippen LogP contribution < -0.4 is 9.47 Å². The fourth-order valence-electron chi connectivity index (χ4n) is 2.84. The molecule has 0 bridgehead atoms. The largest absolute Gasteiger partial charge is 0.494 e. The second-order valence-electron chi connectivity index (χ2n) is 6.32. The Morgan fingerprint density at radius 2 is 1.59 bits per heavy atom. The summed E-state index contributed by atoms with van der Waals surface area (Å²) in [4.78, 5) is 0. The molecule has 0 saturated carbocycles. The summed E-state index contributed by atoms with van der Waals surface area (Å²) in [5.41, 5.74) is 1.98. The van der Waals surface area contributed by atoms with Crippen molar-refractivity contribution in [2.45, 2.75) is 20.1 Å². The highest BCUT2D eigenvalue weighted by atomic mass is 19.2. The zero-order valence-electron chi connectivity index (χ0n) is 16.2. The van der Waals surface area contributed by atoms with Gasteiger partial charge in [0.15, 0.2) is 11.6 Å². The van der Waals surface area contributed by atoms with E-state index in [4.69, 9.17) is 14.2 Å². The number of hydrogen-bond acceptors (Lipinski definition) is 3. The van der Waals surface area contributed by atoms with Crippen LogP contribution in [0.3, 0.4) is 0 Å². The van der Waals surface area contributed by atoms with Crippen molar-refractivity contribution in [2.75, 3.05) is 13.7 Å². The fraction of sp³-hybridized carbons (Fsp3) is 0.217. The predicted molar refractivity (Wildman–Crippen MR) is 104 cm³/mol. The van der Waals surface area contributed by atoms with E-state index in [1.807, 2.05) is 13.0 Å². The average Bonchev–Trinajstić information content (AvgIpc) is 2.74. The molecule has 0 aromatic heterocycles. The van der Waals surface area contributed by atoms with Crippen LogP contribution in [0.25, 0.3) is 11.1 Å². The van der Waals surface area contributed by atoms with Gasteiger partial charge in [-0.05, 0) is 48.4 Å². The van der Waals surface area contributed by atoms with Crippen LogP contribution in [0.5, 0.6) is 11.5 Å². The van der Waals surface area contributed by atoms with Gasteiger partial charge in [0.25, 0.3) is 0 Å². The van der Waals surface area contributed by atoms with Crippen molar-refractivity contribution in [3.63, 3.8) is 0 Å². The van der Waals surface area contributed by atoms with Gasteiger partial charge in [-0.15, -0.1) is 0 Å². The average molecular weight is 402 g/mol. The highest BCUT2D eigenvalue weighted by molar-refractivity contribution is 5.65. The maximum absolute atomic E-state index is 14.4. The van der Waals surface area contributed by atoms with E-state index in [2.05, 4.69) is 0 Å². The van der Waals surface area contributed by atoms with Crippen LogP contribution in [0.2, 0.25) is 0 Å². The van der Waals surface area contributed by atoms with Crippen LogP contribution in [0.4, 0.5) is 13.2 Å². The van der Waals surface area contributed by atoms with Crippen molar-refractivity contribution in [3.05, 3.63) is 83.2 Å². The van der Waals surface area contributed by atoms with Gasteiger partial charge in [0.05, 0.1) is 13.7 Å². The van der Waals surface area contributed by atoms with Gasteiger partial charge in [-0.25, -0.2) is 8.78 Å². The van der Waals surface area contributed by atoms with Gasteiger partial charge in [-0.2, -0.15) is 4.39 Å². The first kappa shape index (κ1) is 20.7. The van der Waals surface area contributed by atoms with Crippen LogP contribution in [-0.2, 0) is 18.0 Å². The van der Waals surface area contributed by atoms with Crippen molar-refractivity contribution >= 4 is 0 Å². The van der Waals surface area contributed by atoms with E-state index in [0.29, 0.717) is 30.1 Å². The van der Waals surface area contributed by atoms with Crippen LogP contribution in [-0.4, -0.2) is 13.7 Å². The third kappa shape index (κ3) is 4.90. The van der Waals surface area contributed by atoms with Crippen LogP contribution in [0.1, 0.15) is 18.1 Å². The number of benzene rings is 3. The third-order valence-corrected chi connectivity index (χ3v) is 4.41. The van der Waals surface area contributed by atoms with E-state index >= 15 is 0 Å². The van der Waals surface area contributed by atoms with Crippen LogP contribution in [0.15, 0.2) is 54.6 Å². The normalized spacial score (nSPS) is 10.8. The minimum Gasteiger partial charge on any atom is -0.494 e. The lowest BCUT2D eigenvalue weighted by molar-refractivity contribution is 0.134. The Labute approximate surface area is 167 Å². The summed E-state index contributed by atoms with van der Waals surface area (Å²) in [7, 11) is 1.27. The van der Waals surface area contributed by atoms with E-state index in [9.17, 15) is 13.2 Å². The Morgan fingerprint density at radius 1 is 0.828 bits per heavy atom. The second kappa shape index (κ2) is 9.47. The number of methoxy groups -OCH3 is 1. The van der Waals surface area contributed by atoms with Gasteiger partial charge < -0.3 is 14.2 Å². The molecule has 3 aromatic carbocycles. The van der Waals surface area contributed by atoms with Crippen molar-refractivity contribution in [1.29, 1.82) is 0 Å². The molecule has 0 saturated heterocycles. The Morgan fingerprint density at radius 3 is 2.24 bits per heavy atom. The van der Waals surface area contributed by atoms with E-state index in [1.54, 1.807) is 30.3 Å². The summed E-state index contributed by atoms with van der Waals surface area (Å²) in [6.07, 6.45) is 0. The zero-order chi connectivity index (χ0) is 20.8. The molecule has 0 fully saturated rings. The van der Waals surface area contributed by atoms with Crippen molar-refractivity contribution in [1.82, 2.24) is 0 Å². The molecule has 6 heteroatoms. The number of halogens is 3. The van der Waals surface area contributed by atoms with E-state index in [-0.39, 0.29) is 23.7 Å². The summed E-state index contributed by atoms with van der Waals surface area (Å²) in [6.45, 7) is 2.67. The Kier molecular flexibility index (Phi) is 6.77. The molecule has 3 nitrogen and oxygen atoms in total. The van der Waals surface area contributed by atoms with Crippen molar-refractivity contribution in [3.8, 4) is 22.6 Å². The zero-order valence-corrected chi connectivity index (χ0v) is 16.2. The molecule has 0 aliphatic heterocycles. The van der Waals surface area contributed by atoms with Crippen LogP contribution in [0, 0.1) is 17.5 Å². The predicted octanol–water partition coefficient (Wildman–Crippen LogP) is 5.90. The third-order valence-electron chi connectivity index (χ3n) is 4.41. The Balaban J connectivity index is 1.69. The first-order chi connectivity index (χ1) is 14.0. The first-order valence-electron chi connectivity index (χ1n) is 9.13. The molecule has 0 aliphatic carbocycles. The molecule has 3 rings (SSSR count). The topological polar surface area (TPSA) is 27.7 Å². The lowest BCUT2D eigenvalue weighted by Gasteiger charge is -2.11. The summed E-state index contributed by atoms with van der Waals surface area (Å²) in [6, 6.07) is 14.5. The second-order valence-corrected chi connectivity index (χ2v) is 6.32. The standard InChI is InChI=1S/C23H21F3O3/c1-3-28-13-15-4-10-19(20(24)12-15)16-5-8-18(9-6-16)29-14-17-7-11-21(27-2)23(26)22(17)25/h4-12H,3,13-14H2,1-2H3. The summed E-state index contributed by atoms with van der Waals surface area (Å²) < 4.78 is 57.7. The molecular weight excluding hydrogens is 381 g/mol. The van der Waals surface area contributed by atoms with Crippen LogP contribution >= 0.6 is 0 Å². The molecule has 3 aromatic rings. The fourth-order valence-corrected chi connectivity index (χ4v) is 2.84. The monoisotopic (exact) mass is 402 g/mol. The van der Waals surface area contributed by atoms with E-state index < -0.39 is 11.6 Å². The summed E-state index contributed by atoms with van der Waals surface area (Å²) in [5, 5.41) is 0. The first-order valence-corrected chi connectivity index (χ1v) is 9.13. The molecule has 0 atom stereocenters. The lowest BCUT2D eigenvalue weighted by atomic mass is 10.0. The van der Waals surface area contributed by atoms with Gasteiger partial charge in [-0.3, -0.25) is 0 Å². The highest BCUT2D eigenvalue weighted by Gasteiger charge is 2.14. The Bertz CT molecular complexity index is 972. The maximum atomic E-state index is 14.4. The van der Waals surface area contributed by atoms with Crippen molar-refractivity contribution in [2.24, 2.45) is 0 Å². The quantitative estimate of drug-likeness (QED) is 0.470. The molecule has 0 unspecified atom stereocenters. The van der Waals surface area contributed by atoms with E-state index in [0.717, 1.165) is 5.56 Å². The molecule has 152 valence electrons. The molecule has 0 N–H and O–H groups in total. The number of rotatable bonds is 8. The smallest absolute Gasteiger partial charge is 0.201 e. The maximum Gasteiger partial charge on any atom is 0.201 e. The van der Waals surface area contributed by atoms with Gasteiger partial charge in [0.1, 0.15) is 18.2 Å². The lowest BCUT2D eigenvalue weighted by Crippen LogP contribution is -2.02. The molecule has 29 heavy (non-hydrogen) atoms. The van der Waals surface area contributed by atoms with E-state index in [1.165, 1.54) is 25.3 Å². The molecule has 0 amide bonds. The SMILES string of the molecule is CCOCc1ccc(-c2ccc(OCc3ccc(OC)c(F)c3F)cc2)c(F)c1. The summed E-state index contributed by atoms with van der Waals surface area (Å²) in [5.74, 6) is -2.10. The summed E-state index contributed by atoms with van der Waals surface area (Å²) >= 11 is 0. The molecule has 0 aliphatic rings. The number of ether oxygens (including phenoxy) is 3. The van der Waals surface area contributed by atoms with Gasteiger partial charge in [-0.1, -0.05) is 24.3 Å². The molecule has 0 radical (unpaired) electrons. The number of hydrogen-bond donors (Lipinski definition) is 0. The molecule has 0 spiro atoms. The highest BCUT2D eigenvalue weighted by Crippen LogP contribution is 2.27. The van der Waals surface area contributed by atoms with Gasteiger partial charge in [0.2, 0.25) is 5.82 Å². The minimum atomic E-state index is -1.05. The van der Waals surface area contributed by atoms with Gasteiger partial charge in [0, 0.05) is 17.7 Å². The minimum absolute atomic E-state index is 0.0725. The van der Waals surface area contributed by atoms with Crippen molar-refractivity contribution < 1.29 is 27.4 Å².